The van der Waals surface area contributed by atoms with E-state index in [-0.39, 0.29) is 12.4 Å². The van der Waals surface area contributed by atoms with E-state index in [0.29, 0.717) is 12.3 Å². The summed E-state index contributed by atoms with van der Waals surface area (Å²) in [6, 6.07) is 1.79. The molecule has 80 valence electrons. The van der Waals surface area contributed by atoms with E-state index in [2.05, 4.69) is 4.98 Å². The van der Waals surface area contributed by atoms with Crippen molar-refractivity contribution in [2.75, 3.05) is 12.3 Å². The lowest BCUT2D eigenvalue weighted by atomic mass is 10.2. The minimum atomic E-state index is -0.231. The Morgan fingerprint density at radius 2 is 2.40 bits per heavy atom. The van der Waals surface area contributed by atoms with Crippen molar-refractivity contribution in [3.8, 4) is 0 Å². The van der Waals surface area contributed by atoms with Crippen molar-refractivity contribution >= 4 is 17.7 Å². The molecule has 0 saturated carbocycles. The smallest absolute Gasteiger partial charge is 0.309 e. The molecule has 0 aliphatic carbocycles. The molecule has 0 atom stereocenters. The van der Waals surface area contributed by atoms with Gasteiger partial charge in [-0.1, -0.05) is 12.2 Å². The third-order valence-corrected chi connectivity index (χ3v) is 1.68. The summed E-state index contributed by atoms with van der Waals surface area (Å²) in [6.07, 6.45) is 7.04. The van der Waals surface area contributed by atoms with Crippen LogP contribution in [0.1, 0.15) is 18.9 Å². The van der Waals surface area contributed by atoms with Gasteiger partial charge in [-0.05, 0) is 18.6 Å². The Morgan fingerprint density at radius 3 is 3.07 bits per heavy atom. The first kappa shape index (κ1) is 11.2. The van der Waals surface area contributed by atoms with E-state index in [1.807, 2.05) is 0 Å². The van der Waals surface area contributed by atoms with Crippen LogP contribution in [0.25, 0.3) is 6.08 Å². The van der Waals surface area contributed by atoms with E-state index in [4.69, 9.17) is 10.5 Å². The number of rotatable bonds is 4. The Bertz CT molecular complexity index is 361. The minimum Gasteiger partial charge on any atom is -0.466 e. The summed E-state index contributed by atoms with van der Waals surface area (Å²) in [5.41, 5.74) is 7.03. The Labute approximate surface area is 88.8 Å². The van der Waals surface area contributed by atoms with E-state index in [9.17, 15) is 4.79 Å². The lowest BCUT2D eigenvalue weighted by molar-refractivity contribution is -0.142. The van der Waals surface area contributed by atoms with Crippen molar-refractivity contribution in [1.82, 2.24) is 4.98 Å². The number of hydrogen-bond donors (Lipinski definition) is 1. The molecule has 1 aromatic heterocycles. The largest absolute Gasteiger partial charge is 0.466 e. The first-order valence-corrected chi connectivity index (χ1v) is 4.75. The van der Waals surface area contributed by atoms with Crippen LogP contribution in [0, 0.1) is 0 Å². The number of anilines is 1. The highest BCUT2D eigenvalue weighted by atomic mass is 16.5. The van der Waals surface area contributed by atoms with Gasteiger partial charge in [0.1, 0.15) is 0 Å². The van der Waals surface area contributed by atoms with E-state index < -0.39 is 0 Å². The first-order valence-electron chi connectivity index (χ1n) is 4.75. The number of carbonyl (C=O) groups is 1. The van der Waals surface area contributed by atoms with Crippen molar-refractivity contribution in [2.24, 2.45) is 0 Å². The van der Waals surface area contributed by atoms with Crippen LogP contribution in [0.2, 0.25) is 0 Å². The molecule has 1 rings (SSSR count). The fraction of sp³-hybridized carbons (Fsp3) is 0.273. The van der Waals surface area contributed by atoms with Gasteiger partial charge in [-0.15, -0.1) is 0 Å². The predicted octanol–water partition coefficient (Wildman–Crippen LogP) is 1.63. The second-order valence-electron chi connectivity index (χ2n) is 2.96. The van der Waals surface area contributed by atoms with Gasteiger partial charge in [0.05, 0.1) is 18.7 Å². The molecule has 1 aromatic rings. The van der Waals surface area contributed by atoms with Gasteiger partial charge < -0.3 is 10.5 Å². The summed E-state index contributed by atoms with van der Waals surface area (Å²) in [5.74, 6) is -0.231. The Kier molecular flexibility index (Phi) is 4.34. The van der Waals surface area contributed by atoms with Gasteiger partial charge >= 0.3 is 5.97 Å². The van der Waals surface area contributed by atoms with Gasteiger partial charge in [0.15, 0.2) is 0 Å². The fourth-order valence-corrected chi connectivity index (χ4v) is 1.08. The summed E-state index contributed by atoms with van der Waals surface area (Å²) in [7, 11) is 0. The molecule has 0 saturated heterocycles. The molecular formula is C11H14N2O2. The van der Waals surface area contributed by atoms with E-state index in [1.165, 1.54) is 0 Å². The van der Waals surface area contributed by atoms with Crippen LogP contribution in [0.5, 0.6) is 0 Å². The molecule has 4 nitrogen and oxygen atoms in total. The lowest BCUT2D eigenvalue weighted by Crippen LogP contribution is -2.01. The second kappa shape index (κ2) is 5.80. The number of ether oxygens (including phenoxy) is 1. The fourth-order valence-electron chi connectivity index (χ4n) is 1.08. The zero-order chi connectivity index (χ0) is 11.1. The minimum absolute atomic E-state index is 0.231. The SMILES string of the molecule is CCOC(=O)CC=Cc1cncc(N)c1. The second-order valence-corrected chi connectivity index (χ2v) is 2.96. The molecule has 0 aliphatic heterocycles. The molecular weight excluding hydrogens is 192 g/mol. The number of hydrogen-bond acceptors (Lipinski definition) is 4. The van der Waals surface area contributed by atoms with Crippen LogP contribution in [0.4, 0.5) is 5.69 Å². The van der Waals surface area contributed by atoms with Crippen molar-refractivity contribution in [2.45, 2.75) is 13.3 Å². The number of pyridine rings is 1. The van der Waals surface area contributed by atoms with Gasteiger partial charge in [0, 0.05) is 12.4 Å². The van der Waals surface area contributed by atoms with Crippen molar-refractivity contribution in [3.05, 3.63) is 30.1 Å². The van der Waals surface area contributed by atoms with Crippen LogP contribution in [-0.2, 0) is 9.53 Å². The van der Waals surface area contributed by atoms with Crippen LogP contribution >= 0.6 is 0 Å². The topological polar surface area (TPSA) is 65.2 Å². The summed E-state index contributed by atoms with van der Waals surface area (Å²) in [5, 5.41) is 0. The van der Waals surface area contributed by atoms with Crippen molar-refractivity contribution in [1.29, 1.82) is 0 Å². The lowest BCUT2D eigenvalue weighted by Gasteiger charge is -1.97. The molecule has 15 heavy (non-hydrogen) atoms. The zero-order valence-electron chi connectivity index (χ0n) is 8.64. The molecule has 0 bridgehead atoms. The highest BCUT2D eigenvalue weighted by Crippen LogP contribution is 2.06. The first-order chi connectivity index (χ1) is 7.22. The number of carbonyl (C=O) groups excluding carboxylic acids is 1. The van der Waals surface area contributed by atoms with Crippen molar-refractivity contribution in [3.63, 3.8) is 0 Å². The maximum Gasteiger partial charge on any atom is 0.309 e. The number of esters is 1. The molecule has 4 heteroatoms. The van der Waals surface area contributed by atoms with E-state index in [1.54, 1.807) is 37.5 Å². The van der Waals surface area contributed by atoms with Crippen LogP contribution in [0.3, 0.4) is 0 Å². The highest BCUT2D eigenvalue weighted by molar-refractivity contribution is 5.72. The van der Waals surface area contributed by atoms with Crippen LogP contribution in [-0.4, -0.2) is 17.6 Å². The Hall–Kier alpha value is -1.84. The average molecular weight is 206 g/mol. The summed E-state index contributed by atoms with van der Waals surface area (Å²) >= 11 is 0. The molecule has 0 fully saturated rings. The maximum atomic E-state index is 11.0. The number of nitrogens with zero attached hydrogens (tertiary/aromatic N) is 1. The molecule has 0 spiro atoms. The Morgan fingerprint density at radius 1 is 1.60 bits per heavy atom. The standard InChI is InChI=1S/C11H14N2O2/c1-2-15-11(14)5-3-4-9-6-10(12)8-13-7-9/h3-4,6-8H,2,5,12H2,1H3. The van der Waals surface area contributed by atoms with Crippen LogP contribution < -0.4 is 5.73 Å². The number of nitrogens with two attached hydrogens (primary N) is 1. The predicted molar refractivity (Wildman–Crippen MR) is 58.9 cm³/mol. The number of aromatic nitrogens is 1. The van der Waals surface area contributed by atoms with Gasteiger partial charge in [-0.3, -0.25) is 9.78 Å². The third kappa shape index (κ3) is 4.26. The zero-order valence-corrected chi connectivity index (χ0v) is 8.64. The van der Waals surface area contributed by atoms with Gasteiger partial charge in [0.25, 0.3) is 0 Å². The summed E-state index contributed by atoms with van der Waals surface area (Å²) in [6.45, 7) is 2.19. The maximum absolute atomic E-state index is 11.0. The normalized spacial score (nSPS) is 10.5. The van der Waals surface area contributed by atoms with Gasteiger partial charge in [-0.2, -0.15) is 0 Å². The summed E-state index contributed by atoms with van der Waals surface area (Å²) < 4.78 is 4.77. The van der Waals surface area contributed by atoms with E-state index in [0.717, 1.165) is 5.56 Å². The third-order valence-electron chi connectivity index (χ3n) is 1.68. The molecule has 0 amide bonds. The summed E-state index contributed by atoms with van der Waals surface area (Å²) in [4.78, 5) is 14.9. The molecule has 1 heterocycles. The highest BCUT2D eigenvalue weighted by Gasteiger charge is 1.96. The van der Waals surface area contributed by atoms with Gasteiger partial charge in [-0.25, -0.2) is 0 Å². The molecule has 0 aromatic carbocycles. The monoisotopic (exact) mass is 206 g/mol. The molecule has 0 radical (unpaired) electrons. The quantitative estimate of drug-likeness (QED) is 0.760. The van der Waals surface area contributed by atoms with Crippen molar-refractivity contribution < 1.29 is 9.53 Å². The molecule has 0 unspecified atom stereocenters. The average Bonchev–Trinajstić information content (AvgIpc) is 2.18. The molecule has 0 aliphatic rings. The van der Waals surface area contributed by atoms with Gasteiger partial charge in [0.2, 0.25) is 0 Å². The Balaban J connectivity index is 2.48. The number of nitrogen functional groups attached to an aromatic ring is 1. The van der Waals surface area contributed by atoms with Crippen LogP contribution in [0.15, 0.2) is 24.5 Å². The molecule has 2 N–H and O–H groups in total. The van der Waals surface area contributed by atoms with E-state index >= 15 is 0 Å².